The molecule has 5 nitrogen and oxygen atoms in total. The molecule has 0 bridgehead atoms. The molecule has 2 aromatic heterocycles. The number of rotatable bonds is 4. The summed E-state index contributed by atoms with van der Waals surface area (Å²) in [5.41, 5.74) is 8.08. The van der Waals surface area contributed by atoms with Crippen molar-refractivity contribution in [3.63, 3.8) is 0 Å². The lowest BCUT2D eigenvalue weighted by Crippen LogP contribution is -2.28. The molecule has 26 heavy (non-hydrogen) atoms. The third kappa shape index (κ3) is 3.84. The number of H-pyrrole nitrogens is 1. The van der Waals surface area contributed by atoms with Gasteiger partial charge in [-0.25, -0.2) is 4.98 Å². The SMILES string of the molecule is CC(c1cc2c(Cl)cc(Cl)cc2[nH]1)N(C)C(=O)C=Cc1ccc(N)nc1. The zero-order chi connectivity index (χ0) is 18.8. The highest BCUT2D eigenvalue weighted by molar-refractivity contribution is 6.38. The summed E-state index contributed by atoms with van der Waals surface area (Å²) < 4.78 is 0. The van der Waals surface area contributed by atoms with Crippen molar-refractivity contribution in [2.75, 3.05) is 12.8 Å². The number of nitrogen functional groups attached to an aromatic ring is 1. The van der Waals surface area contributed by atoms with E-state index in [0.717, 1.165) is 22.2 Å². The van der Waals surface area contributed by atoms with Gasteiger partial charge < -0.3 is 15.6 Å². The molecular formula is C19H18Cl2N4O. The van der Waals surface area contributed by atoms with Crippen molar-refractivity contribution in [1.29, 1.82) is 0 Å². The van der Waals surface area contributed by atoms with E-state index in [2.05, 4.69) is 9.97 Å². The Morgan fingerprint density at radius 2 is 2.08 bits per heavy atom. The van der Waals surface area contributed by atoms with E-state index in [9.17, 15) is 4.79 Å². The van der Waals surface area contributed by atoms with Crippen LogP contribution in [0.1, 0.15) is 24.2 Å². The maximum atomic E-state index is 12.5. The van der Waals surface area contributed by atoms with Crippen LogP contribution in [-0.2, 0) is 4.79 Å². The fourth-order valence-electron chi connectivity index (χ4n) is 2.61. The van der Waals surface area contributed by atoms with Crippen molar-refractivity contribution in [2.24, 2.45) is 0 Å². The number of carbonyl (C=O) groups is 1. The molecule has 3 rings (SSSR count). The van der Waals surface area contributed by atoms with Gasteiger partial charge in [-0.1, -0.05) is 23.2 Å². The number of likely N-dealkylation sites (N-methyl/N-ethyl adjacent to an activating group) is 1. The van der Waals surface area contributed by atoms with Crippen LogP contribution in [0.4, 0.5) is 5.82 Å². The van der Waals surface area contributed by atoms with E-state index in [4.69, 9.17) is 28.9 Å². The average Bonchev–Trinajstić information content (AvgIpc) is 3.04. The van der Waals surface area contributed by atoms with E-state index in [1.165, 1.54) is 6.08 Å². The van der Waals surface area contributed by atoms with Gasteiger partial charge in [-0.3, -0.25) is 4.79 Å². The van der Waals surface area contributed by atoms with Crippen LogP contribution >= 0.6 is 23.2 Å². The predicted molar refractivity (Wildman–Crippen MR) is 107 cm³/mol. The van der Waals surface area contributed by atoms with Gasteiger partial charge in [-0.15, -0.1) is 0 Å². The van der Waals surface area contributed by atoms with E-state index in [1.807, 2.05) is 19.1 Å². The fourth-order valence-corrected chi connectivity index (χ4v) is 3.15. The minimum Gasteiger partial charge on any atom is -0.384 e. The van der Waals surface area contributed by atoms with Gasteiger partial charge in [0, 0.05) is 40.9 Å². The standard InChI is InChI=1S/C19H18Cl2N4O/c1-11(16-9-14-15(21)7-13(20)8-17(14)24-16)25(2)19(26)6-4-12-3-5-18(22)23-10-12/h3-11,24H,1-2H3,(H2,22,23). The largest absolute Gasteiger partial charge is 0.384 e. The van der Waals surface area contributed by atoms with E-state index < -0.39 is 0 Å². The van der Waals surface area contributed by atoms with Crippen LogP contribution in [0.2, 0.25) is 10.0 Å². The second kappa shape index (κ2) is 7.40. The van der Waals surface area contributed by atoms with Crippen LogP contribution in [-0.4, -0.2) is 27.8 Å². The lowest BCUT2D eigenvalue weighted by atomic mass is 10.2. The number of fused-ring (bicyclic) bond motifs is 1. The minimum absolute atomic E-state index is 0.128. The Bertz CT molecular complexity index is 979. The molecule has 0 radical (unpaired) electrons. The first kappa shape index (κ1) is 18.3. The van der Waals surface area contributed by atoms with E-state index in [1.54, 1.807) is 42.4 Å². The zero-order valence-electron chi connectivity index (χ0n) is 14.3. The molecule has 1 aromatic carbocycles. The van der Waals surface area contributed by atoms with Crippen LogP contribution in [0.3, 0.4) is 0 Å². The third-order valence-electron chi connectivity index (χ3n) is 4.28. The smallest absolute Gasteiger partial charge is 0.246 e. The van der Waals surface area contributed by atoms with E-state index >= 15 is 0 Å². The Balaban J connectivity index is 1.78. The first-order chi connectivity index (χ1) is 12.3. The predicted octanol–water partition coefficient (Wildman–Crippen LogP) is 4.68. The van der Waals surface area contributed by atoms with Crippen molar-refractivity contribution in [2.45, 2.75) is 13.0 Å². The molecular weight excluding hydrogens is 371 g/mol. The first-order valence-electron chi connectivity index (χ1n) is 7.99. The summed E-state index contributed by atoms with van der Waals surface area (Å²) in [7, 11) is 1.75. The molecule has 0 saturated heterocycles. The number of carbonyl (C=O) groups excluding carboxylic acids is 1. The summed E-state index contributed by atoms with van der Waals surface area (Å²) in [5, 5.41) is 2.02. The summed E-state index contributed by atoms with van der Waals surface area (Å²) in [6.07, 6.45) is 4.84. The van der Waals surface area contributed by atoms with Crippen LogP contribution in [0.15, 0.2) is 42.6 Å². The molecule has 134 valence electrons. The topological polar surface area (TPSA) is 75.0 Å². The highest BCUT2D eigenvalue weighted by Gasteiger charge is 2.18. The minimum atomic E-state index is -0.168. The summed E-state index contributed by atoms with van der Waals surface area (Å²) in [5.74, 6) is 0.314. The van der Waals surface area contributed by atoms with Crippen molar-refractivity contribution >= 4 is 51.9 Å². The maximum absolute atomic E-state index is 12.5. The Hall–Kier alpha value is -2.50. The van der Waals surface area contributed by atoms with Crippen LogP contribution in [0.5, 0.6) is 0 Å². The lowest BCUT2D eigenvalue weighted by Gasteiger charge is -2.22. The number of aromatic amines is 1. The highest BCUT2D eigenvalue weighted by Crippen LogP contribution is 2.31. The number of nitrogens with one attached hydrogen (secondary N) is 1. The average molecular weight is 389 g/mol. The van der Waals surface area contributed by atoms with Gasteiger partial charge in [0.05, 0.1) is 11.1 Å². The van der Waals surface area contributed by atoms with Gasteiger partial charge in [-0.05, 0) is 48.9 Å². The number of aromatic nitrogens is 2. The number of nitrogens with zero attached hydrogens (tertiary/aromatic N) is 2. The Kier molecular flexibility index (Phi) is 5.20. The maximum Gasteiger partial charge on any atom is 0.246 e. The molecule has 3 N–H and O–H groups in total. The van der Waals surface area contributed by atoms with Gasteiger partial charge >= 0.3 is 0 Å². The molecule has 7 heteroatoms. The summed E-state index contributed by atoms with van der Waals surface area (Å²) in [4.78, 5) is 21.4. The lowest BCUT2D eigenvalue weighted by molar-refractivity contribution is -0.126. The molecule has 1 amide bonds. The molecule has 0 fully saturated rings. The van der Waals surface area contributed by atoms with Crippen LogP contribution < -0.4 is 5.73 Å². The molecule has 0 aliphatic carbocycles. The summed E-state index contributed by atoms with van der Waals surface area (Å²) in [6, 6.07) is 8.78. The van der Waals surface area contributed by atoms with Crippen molar-refractivity contribution in [1.82, 2.24) is 14.9 Å². The van der Waals surface area contributed by atoms with E-state index in [0.29, 0.717) is 15.9 Å². The zero-order valence-corrected chi connectivity index (χ0v) is 15.8. The van der Waals surface area contributed by atoms with Crippen molar-refractivity contribution < 1.29 is 4.79 Å². The number of benzene rings is 1. The van der Waals surface area contributed by atoms with E-state index in [-0.39, 0.29) is 11.9 Å². The fraction of sp³-hybridized carbons (Fsp3) is 0.158. The Morgan fingerprint density at radius 1 is 1.31 bits per heavy atom. The van der Waals surface area contributed by atoms with Crippen LogP contribution in [0.25, 0.3) is 17.0 Å². The molecule has 0 aliphatic heterocycles. The van der Waals surface area contributed by atoms with Gasteiger partial charge in [0.2, 0.25) is 5.91 Å². The number of hydrogen-bond donors (Lipinski definition) is 2. The molecule has 2 heterocycles. The van der Waals surface area contributed by atoms with Gasteiger partial charge in [0.1, 0.15) is 5.82 Å². The number of hydrogen-bond acceptors (Lipinski definition) is 3. The number of amides is 1. The molecule has 3 aromatic rings. The quantitative estimate of drug-likeness (QED) is 0.636. The number of nitrogens with two attached hydrogens (primary N) is 1. The number of halogens is 2. The Labute approximate surface area is 161 Å². The van der Waals surface area contributed by atoms with Gasteiger partial charge in [-0.2, -0.15) is 0 Å². The second-order valence-corrected chi connectivity index (χ2v) is 6.89. The highest BCUT2D eigenvalue weighted by atomic mass is 35.5. The first-order valence-corrected chi connectivity index (χ1v) is 8.75. The second-order valence-electron chi connectivity index (χ2n) is 6.05. The van der Waals surface area contributed by atoms with Gasteiger partial charge in [0.15, 0.2) is 0 Å². The third-order valence-corrected chi connectivity index (χ3v) is 4.81. The Morgan fingerprint density at radius 3 is 2.77 bits per heavy atom. The number of pyridine rings is 1. The molecule has 0 aliphatic rings. The molecule has 0 saturated carbocycles. The van der Waals surface area contributed by atoms with Gasteiger partial charge in [0.25, 0.3) is 0 Å². The van der Waals surface area contributed by atoms with Crippen LogP contribution in [0, 0.1) is 0 Å². The summed E-state index contributed by atoms with van der Waals surface area (Å²) >= 11 is 12.3. The summed E-state index contributed by atoms with van der Waals surface area (Å²) in [6.45, 7) is 1.94. The molecule has 0 spiro atoms. The van der Waals surface area contributed by atoms with Crippen molar-refractivity contribution in [3.8, 4) is 0 Å². The molecule has 1 atom stereocenters. The number of anilines is 1. The monoisotopic (exact) mass is 388 g/mol. The van der Waals surface area contributed by atoms with Crippen molar-refractivity contribution in [3.05, 3.63) is 63.9 Å². The normalized spacial score (nSPS) is 12.6. The molecule has 1 unspecified atom stereocenters.